The van der Waals surface area contributed by atoms with Crippen LogP contribution in [0, 0.1) is 0 Å². The molecule has 0 bridgehead atoms. The van der Waals surface area contributed by atoms with E-state index in [1.807, 2.05) is 20.8 Å². The number of rotatable bonds is 5. The fourth-order valence-electron chi connectivity index (χ4n) is 1.66. The largest absolute Gasteiger partial charge is 0.444 e. The Morgan fingerprint density at radius 3 is 2.72 bits per heavy atom. The molecule has 0 saturated carbocycles. The summed E-state index contributed by atoms with van der Waals surface area (Å²) in [6.45, 7) is 7.46. The third-order valence-corrected chi connectivity index (χ3v) is 2.46. The quantitative estimate of drug-likeness (QED) is 0.622. The molecule has 1 fully saturated rings. The Hall–Kier alpha value is -1.30. The first-order valence-corrected chi connectivity index (χ1v) is 6.36. The minimum Gasteiger partial charge on any atom is -0.444 e. The molecule has 0 aliphatic carbocycles. The molecule has 1 saturated heterocycles. The maximum atomic E-state index is 11.3. The van der Waals surface area contributed by atoms with Crippen LogP contribution in [0.5, 0.6) is 0 Å². The summed E-state index contributed by atoms with van der Waals surface area (Å²) >= 11 is 0. The van der Waals surface area contributed by atoms with E-state index < -0.39 is 11.7 Å². The van der Waals surface area contributed by atoms with Crippen LogP contribution in [-0.4, -0.2) is 43.3 Å². The third-order valence-electron chi connectivity index (χ3n) is 2.46. The second kappa shape index (κ2) is 6.58. The van der Waals surface area contributed by atoms with Crippen LogP contribution in [0.2, 0.25) is 0 Å². The second-order valence-electron chi connectivity index (χ2n) is 5.37. The second-order valence-corrected chi connectivity index (χ2v) is 5.37. The summed E-state index contributed by atoms with van der Waals surface area (Å²) in [5.41, 5.74) is -0.468. The number of ether oxygens (including phenoxy) is 1. The van der Waals surface area contributed by atoms with Gasteiger partial charge >= 0.3 is 6.09 Å². The average Bonchev–Trinajstić information content (AvgIpc) is 2.61. The Labute approximate surface area is 108 Å². The highest BCUT2D eigenvalue weighted by Crippen LogP contribution is 2.06. The van der Waals surface area contributed by atoms with E-state index in [1.54, 1.807) is 0 Å². The minimum atomic E-state index is -0.468. The molecule has 1 aliphatic rings. The SMILES string of the molecule is CC(C)(C)OC(=O)NCCCNC1CCNC1=O. The summed E-state index contributed by atoms with van der Waals surface area (Å²) in [5.74, 6) is 0.0649. The summed E-state index contributed by atoms with van der Waals surface area (Å²) in [4.78, 5) is 22.6. The van der Waals surface area contributed by atoms with E-state index in [4.69, 9.17) is 4.74 Å². The van der Waals surface area contributed by atoms with Gasteiger partial charge in [0.05, 0.1) is 6.04 Å². The zero-order valence-electron chi connectivity index (χ0n) is 11.3. The van der Waals surface area contributed by atoms with E-state index in [-0.39, 0.29) is 11.9 Å². The number of hydrogen-bond donors (Lipinski definition) is 3. The van der Waals surface area contributed by atoms with Crippen LogP contribution in [0.25, 0.3) is 0 Å². The van der Waals surface area contributed by atoms with Crippen molar-refractivity contribution in [2.24, 2.45) is 0 Å². The molecule has 1 unspecified atom stereocenters. The van der Waals surface area contributed by atoms with E-state index in [0.29, 0.717) is 13.1 Å². The first kappa shape index (κ1) is 14.8. The van der Waals surface area contributed by atoms with Gasteiger partial charge in [0, 0.05) is 13.1 Å². The number of amides is 2. The van der Waals surface area contributed by atoms with Gasteiger partial charge < -0.3 is 20.7 Å². The Kier molecular flexibility index (Phi) is 5.40. The van der Waals surface area contributed by atoms with Crippen LogP contribution < -0.4 is 16.0 Å². The standard InChI is InChI=1S/C12H23N3O3/c1-12(2,3)18-11(17)15-7-4-6-13-9-5-8-14-10(9)16/h9,13H,4-8H2,1-3H3,(H,14,16)(H,15,17). The van der Waals surface area contributed by atoms with Gasteiger partial charge in [-0.25, -0.2) is 4.79 Å². The molecule has 6 heteroatoms. The number of nitrogens with one attached hydrogen (secondary N) is 3. The zero-order chi connectivity index (χ0) is 13.6. The Morgan fingerprint density at radius 1 is 1.44 bits per heavy atom. The van der Waals surface area contributed by atoms with Crippen molar-refractivity contribution in [3.05, 3.63) is 0 Å². The third kappa shape index (κ3) is 5.86. The summed E-state index contributed by atoms with van der Waals surface area (Å²) in [6.07, 6.45) is 1.20. The zero-order valence-corrected chi connectivity index (χ0v) is 11.3. The van der Waals surface area contributed by atoms with Crippen molar-refractivity contribution in [3.8, 4) is 0 Å². The Balaban J connectivity index is 2.01. The highest BCUT2D eigenvalue weighted by atomic mass is 16.6. The van der Waals surface area contributed by atoms with Gasteiger partial charge in [-0.15, -0.1) is 0 Å². The van der Waals surface area contributed by atoms with E-state index in [9.17, 15) is 9.59 Å². The highest BCUT2D eigenvalue weighted by Gasteiger charge is 2.22. The molecule has 2 amide bonds. The lowest BCUT2D eigenvalue weighted by Gasteiger charge is -2.19. The molecule has 0 aromatic rings. The van der Waals surface area contributed by atoms with Crippen LogP contribution in [0.1, 0.15) is 33.6 Å². The van der Waals surface area contributed by atoms with E-state index in [0.717, 1.165) is 19.4 Å². The summed E-state index contributed by atoms with van der Waals surface area (Å²) in [7, 11) is 0. The molecule has 0 spiro atoms. The molecule has 1 aliphatic heterocycles. The number of alkyl carbamates (subject to hydrolysis) is 1. The molecular formula is C12H23N3O3. The average molecular weight is 257 g/mol. The number of hydrogen-bond acceptors (Lipinski definition) is 4. The molecule has 0 aromatic carbocycles. The van der Waals surface area contributed by atoms with Gasteiger partial charge in [0.25, 0.3) is 0 Å². The van der Waals surface area contributed by atoms with Gasteiger partial charge in [-0.3, -0.25) is 4.79 Å². The van der Waals surface area contributed by atoms with Crippen molar-refractivity contribution >= 4 is 12.0 Å². The van der Waals surface area contributed by atoms with Gasteiger partial charge in [0.2, 0.25) is 5.91 Å². The molecule has 6 nitrogen and oxygen atoms in total. The highest BCUT2D eigenvalue weighted by molar-refractivity contribution is 5.83. The lowest BCUT2D eigenvalue weighted by Crippen LogP contribution is -2.38. The number of carbonyl (C=O) groups excluding carboxylic acids is 2. The summed E-state index contributed by atoms with van der Waals surface area (Å²) in [6, 6.07) is -0.0773. The normalized spacial score (nSPS) is 19.5. The maximum absolute atomic E-state index is 11.3. The van der Waals surface area contributed by atoms with E-state index in [1.165, 1.54) is 0 Å². The van der Waals surface area contributed by atoms with Crippen molar-refractivity contribution in [1.29, 1.82) is 0 Å². The van der Waals surface area contributed by atoms with Crippen LogP contribution in [0.4, 0.5) is 4.79 Å². The molecule has 1 rings (SSSR count). The fourth-order valence-corrected chi connectivity index (χ4v) is 1.66. The van der Waals surface area contributed by atoms with E-state index >= 15 is 0 Å². The molecule has 1 atom stereocenters. The molecule has 0 aromatic heterocycles. The molecular weight excluding hydrogens is 234 g/mol. The van der Waals surface area contributed by atoms with Crippen molar-refractivity contribution in [2.45, 2.75) is 45.3 Å². The molecule has 18 heavy (non-hydrogen) atoms. The van der Waals surface area contributed by atoms with Gasteiger partial charge in [-0.2, -0.15) is 0 Å². The van der Waals surface area contributed by atoms with Crippen molar-refractivity contribution < 1.29 is 14.3 Å². The maximum Gasteiger partial charge on any atom is 0.407 e. The van der Waals surface area contributed by atoms with Crippen molar-refractivity contribution in [1.82, 2.24) is 16.0 Å². The predicted octanol–water partition coefficient (Wildman–Crippen LogP) is 0.379. The van der Waals surface area contributed by atoms with Crippen LogP contribution in [0.3, 0.4) is 0 Å². The van der Waals surface area contributed by atoms with Crippen LogP contribution in [0.15, 0.2) is 0 Å². The molecule has 104 valence electrons. The van der Waals surface area contributed by atoms with Gasteiger partial charge in [-0.1, -0.05) is 0 Å². The Morgan fingerprint density at radius 2 is 2.17 bits per heavy atom. The summed E-state index contributed by atoms with van der Waals surface area (Å²) < 4.78 is 5.10. The van der Waals surface area contributed by atoms with Crippen molar-refractivity contribution in [3.63, 3.8) is 0 Å². The van der Waals surface area contributed by atoms with Gasteiger partial charge in [0.15, 0.2) is 0 Å². The summed E-state index contributed by atoms with van der Waals surface area (Å²) in [5, 5.41) is 8.59. The van der Waals surface area contributed by atoms with Crippen LogP contribution >= 0.6 is 0 Å². The van der Waals surface area contributed by atoms with Gasteiger partial charge in [-0.05, 0) is 40.2 Å². The smallest absolute Gasteiger partial charge is 0.407 e. The van der Waals surface area contributed by atoms with Crippen LogP contribution in [-0.2, 0) is 9.53 Å². The lowest BCUT2D eigenvalue weighted by atomic mass is 10.2. The van der Waals surface area contributed by atoms with Crippen molar-refractivity contribution in [2.75, 3.05) is 19.6 Å². The minimum absolute atomic E-state index is 0.0649. The molecule has 1 heterocycles. The van der Waals surface area contributed by atoms with Gasteiger partial charge in [0.1, 0.15) is 5.60 Å². The predicted molar refractivity (Wildman–Crippen MR) is 68.3 cm³/mol. The lowest BCUT2D eigenvalue weighted by molar-refractivity contribution is -0.120. The first-order valence-electron chi connectivity index (χ1n) is 6.36. The topological polar surface area (TPSA) is 79.5 Å². The first-order chi connectivity index (χ1) is 8.38. The molecule has 3 N–H and O–H groups in total. The Bertz CT molecular complexity index is 299. The number of carbonyl (C=O) groups is 2. The van der Waals surface area contributed by atoms with E-state index in [2.05, 4.69) is 16.0 Å². The fraction of sp³-hybridized carbons (Fsp3) is 0.833. The molecule has 0 radical (unpaired) electrons. The monoisotopic (exact) mass is 257 g/mol.